The average Bonchev–Trinajstić information content (AvgIpc) is 3.29. The number of nitrogens with zero attached hydrogens (tertiary/aromatic N) is 2. The Morgan fingerprint density at radius 2 is 1.84 bits per heavy atom. The molecule has 0 radical (unpaired) electrons. The van der Waals surface area contributed by atoms with Crippen molar-refractivity contribution in [3.63, 3.8) is 0 Å². The maximum Gasteiger partial charge on any atom is 0.268 e. The van der Waals surface area contributed by atoms with Gasteiger partial charge in [0, 0.05) is 21.3 Å². The molecule has 2 fully saturated rings. The van der Waals surface area contributed by atoms with Gasteiger partial charge in [-0.2, -0.15) is 5.06 Å². The largest absolute Gasteiger partial charge is 0.302 e. The minimum absolute atomic E-state index is 0.164. The molecule has 1 unspecified atom stereocenters. The number of hydrogen-bond acceptors (Lipinski definition) is 4. The molecular weight excluding hydrogens is 490 g/mol. The second-order valence-corrected chi connectivity index (χ2v) is 9.49. The quantitative estimate of drug-likeness (QED) is 0.453. The number of hydrogen-bond donors (Lipinski definition) is 1. The van der Waals surface area contributed by atoms with Gasteiger partial charge in [-0.05, 0) is 47.0 Å². The van der Waals surface area contributed by atoms with Gasteiger partial charge >= 0.3 is 0 Å². The molecule has 1 aromatic carbocycles. The van der Waals surface area contributed by atoms with Crippen LogP contribution in [0.25, 0.3) is 0 Å². The minimum Gasteiger partial charge on any atom is -0.302 e. The molecule has 1 atom stereocenters. The van der Waals surface area contributed by atoms with Gasteiger partial charge in [-0.3, -0.25) is 14.8 Å². The summed E-state index contributed by atoms with van der Waals surface area (Å²) in [6.45, 7) is -0.488. The van der Waals surface area contributed by atoms with E-state index in [0.717, 1.165) is 42.7 Å². The van der Waals surface area contributed by atoms with Crippen molar-refractivity contribution in [1.82, 2.24) is 9.96 Å². The van der Waals surface area contributed by atoms with E-state index < -0.39 is 41.7 Å². The van der Waals surface area contributed by atoms with Gasteiger partial charge in [0.2, 0.25) is 0 Å². The Bertz CT molecular complexity index is 1060. The highest BCUT2D eigenvalue weighted by Crippen LogP contribution is 2.36. The first-order valence-electron chi connectivity index (χ1n) is 9.91. The number of amides is 2. The number of thiophene rings is 1. The monoisotopic (exact) mass is 508 g/mol. The first kappa shape index (κ1) is 21.9. The van der Waals surface area contributed by atoms with Crippen LogP contribution in [0, 0.1) is 29.4 Å². The maximum atomic E-state index is 14.8. The van der Waals surface area contributed by atoms with E-state index in [1.165, 1.54) is 17.8 Å². The van der Waals surface area contributed by atoms with Crippen LogP contribution < -0.4 is 0 Å². The molecule has 162 valence electrons. The van der Waals surface area contributed by atoms with Crippen molar-refractivity contribution in [3.8, 4) is 11.8 Å². The van der Waals surface area contributed by atoms with E-state index in [2.05, 4.69) is 27.8 Å². The van der Waals surface area contributed by atoms with Crippen LogP contribution in [0.15, 0.2) is 28.1 Å². The minimum atomic E-state index is -1.15. The number of carbonyl (C=O) groups excluding carboxylic acids is 2. The molecule has 1 aliphatic heterocycles. The highest BCUT2D eigenvalue weighted by atomic mass is 79.9. The standard InChI is InChI=1S/C22H19BrF2N2O3S/c23-15-10-18(31-12-15)21-26(11-19(28)27(21)30)22(29)20-16(24)8-14(9-17(20)25)7-6-13-4-2-1-3-5-13/h8-10,12-13,21,30H,1-5,11H2. The molecule has 9 heteroatoms. The Morgan fingerprint density at radius 1 is 1.16 bits per heavy atom. The van der Waals surface area contributed by atoms with E-state index in [-0.39, 0.29) is 11.5 Å². The summed E-state index contributed by atoms with van der Waals surface area (Å²) in [6.07, 6.45) is 4.21. The van der Waals surface area contributed by atoms with Crippen LogP contribution in [-0.4, -0.2) is 33.5 Å². The van der Waals surface area contributed by atoms with E-state index in [1.54, 1.807) is 11.4 Å². The molecule has 1 aliphatic carbocycles. The first-order chi connectivity index (χ1) is 14.8. The molecule has 1 aromatic heterocycles. The number of halogens is 3. The summed E-state index contributed by atoms with van der Waals surface area (Å²) in [5.41, 5.74) is -0.607. The van der Waals surface area contributed by atoms with Gasteiger partial charge in [0.15, 0.2) is 6.17 Å². The lowest BCUT2D eigenvalue weighted by Crippen LogP contribution is -2.35. The van der Waals surface area contributed by atoms with Gasteiger partial charge in [0.1, 0.15) is 23.7 Å². The van der Waals surface area contributed by atoms with Gasteiger partial charge in [-0.15, -0.1) is 11.3 Å². The summed E-state index contributed by atoms with van der Waals surface area (Å²) < 4.78 is 30.3. The van der Waals surface area contributed by atoms with Crippen LogP contribution in [0.2, 0.25) is 0 Å². The molecule has 5 nitrogen and oxygen atoms in total. The Balaban J connectivity index is 1.62. The molecular formula is C22H19BrF2N2O3S. The average molecular weight is 509 g/mol. The van der Waals surface area contributed by atoms with E-state index in [0.29, 0.717) is 14.4 Å². The predicted octanol–water partition coefficient (Wildman–Crippen LogP) is 5.09. The fourth-order valence-corrected chi connectivity index (χ4v) is 5.46. The van der Waals surface area contributed by atoms with Crippen LogP contribution in [0.4, 0.5) is 8.78 Å². The van der Waals surface area contributed by atoms with Crippen molar-refractivity contribution in [1.29, 1.82) is 0 Å². The second-order valence-electron chi connectivity index (χ2n) is 7.63. The topological polar surface area (TPSA) is 60.9 Å². The zero-order chi connectivity index (χ0) is 22.1. The van der Waals surface area contributed by atoms with Crippen LogP contribution in [0.5, 0.6) is 0 Å². The SMILES string of the molecule is O=C1CN(C(=O)c2c(F)cc(C#CC3CCCCC3)cc2F)C(c2cc(Br)cs2)N1O. The first-order valence-corrected chi connectivity index (χ1v) is 11.6. The Morgan fingerprint density at radius 3 is 2.45 bits per heavy atom. The molecule has 2 aliphatic rings. The summed E-state index contributed by atoms with van der Waals surface area (Å²) in [5, 5.41) is 12.3. The second kappa shape index (κ2) is 9.07. The molecule has 31 heavy (non-hydrogen) atoms. The number of benzene rings is 1. The number of hydroxylamine groups is 2. The maximum absolute atomic E-state index is 14.8. The predicted molar refractivity (Wildman–Crippen MR) is 114 cm³/mol. The third kappa shape index (κ3) is 4.52. The van der Waals surface area contributed by atoms with Gasteiger partial charge in [0.05, 0.1) is 4.88 Å². The Hall–Kier alpha value is -2.28. The summed E-state index contributed by atoms with van der Waals surface area (Å²) >= 11 is 4.48. The van der Waals surface area contributed by atoms with E-state index in [9.17, 15) is 23.6 Å². The molecule has 1 saturated carbocycles. The fourth-order valence-electron chi connectivity index (χ4n) is 3.92. The summed E-state index contributed by atoms with van der Waals surface area (Å²) in [7, 11) is 0. The third-order valence-corrected chi connectivity index (χ3v) is 7.21. The Labute approximate surface area is 190 Å². The molecule has 1 saturated heterocycles. The van der Waals surface area contributed by atoms with Crippen LogP contribution in [-0.2, 0) is 4.79 Å². The van der Waals surface area contributed by atoms with Gasteiger partial charge in [0.25, 0.3) is 11.8 Å². The fraction of sp³-hybridized carbons (Fsp3) is 0.364. The highest BCUT2D eigenvalue weighted by Gasteiger charge is 2.43. The lowest BCUT2D eigenvalue weighted by Gasteiger charge is -2.25. The lowest BCUT2D eigenvalue weighted by atomic mass is 9.89. The van der Waals surface area contributed by atoms with Crippen molar-refractivity contribution in [2.45, 2.75) is 38.3 Å². The van der Waals surface area contributed by atoms with E-state index in [4.69, 9.17) is 0 Å². The molecule has 2 aromatic rings. The van der Waals surface area contributed by atoms with Crippen LogP contribution >= 0.6 is 27.3 Å². The van der Waals surface area contributed by atoms with Gasteiger partial charge in [-0.1, -0.05) is 31.1 Å². The molecule has 0 bridgehead atoms. The van der Waals surface area contributed by atoms with Crippen molar-refractivity contribution in [2.24, 2.45) is 5.92 Å². The summed E-state index contributed by atoms with van der Waals surface area (Å²) in [5.74, 6) is 2.27. The summed E-state index contributed by atoms with van der Waals surface area (Å²) in [6, 6.07) is 3.71. The number of carbonyl (C=O) groups is 2. The zero-order valence-electron chi connectivity index (χ0n) is 16.4. The van der Waals surface area contributed by atoms with Crippen molar-refractivity contribution in [2.75, 3.05) is 6.54 Å². The van der Waals surface area contributed by atoms with Gasteiger partial charge < -0.3 is 4.90 Å². The molecule has 1 N–H and O–H groups in total. The van der Waals surface area contributed by atoms with E-state index in [1.807, 2.05) is 0 Å². The van der Waals surface area contributed by atoms with E-state index >= 15 is 0 Å². The smallest absolute Gasteiger partial charge is 0.268 e. The Kier molecular flexibility index (Phi) is 6.42. The third-order valence-electron chi connectivity index (χ3n) is 5.47. The number of rotatable bonds is 2. The highest BCUT2D eigenvalue weighted by molar-refractivity contribution is 9.10. The van der Waals surface area contributed by atoms with Crippen LogP contribution in [0.3, 0.4) is 0 Å². The van der Waals surface area contributed by atoms with Crippen molar-refractivity contribution < 1.29 is 23.6 Å². The lowest BCUT2D eigenvalue weighted by molar-refractivity contribution is -0.168. The van der Waals surface area contributed by atoms with Gasteiger partial charge in [-0.25, -0.2) is 8.78 Å². The summed E-state index contributed by atoms with van der Waals surface area (Å²) in [4.78, 5) is 26.5. The zero-order valence-corrected chi connectivity index (χ0v) is 18.8. The molecule has 0 spiro atoms. The molecule has 2 amide bonds. The van der Waals surface area contributed by atoms with Crippen molar-refractivity contribution >= 4 is 39.1 Å². The molecule has 4 rings (SSSR count). The normalized spacial score (nSPS) is 19.5. The molecule has 2 heterocycles. The van der Waals surface area contributed by atoms with Crippen molar-refractivity contribution in [3.05, 3.63) is 55.7 Å². The van der Waals surface area contributed by atoms with Crippen LogP contribution in [0.1, 0.15) is 59.1 Å².